The molecule has 0 aromatic heterocycles. The van der Waals surface area contributed by atoms with E-state index < -0.39 is 15.6 Å². The molecule has 0 saturated carbocycles. The molecule has 0 aromatic carbocycles. The summed E-state index contributed by atoms with van der Waals surface area (Å²) in [6.45, 7) is 6.39. The summed E-state index contributed by atoms with van der Waals surface area (Å²) in [6, 6.07) is -0.221. The van der Waals surface area contributed by atoms with Gasteiger partial charge in [-0.1, -0.05) is 0 Å². The highest BCUT2D eigenvalue weighted by atomic mass is 32.2. The number of nitrogens with zero attached hydrogens (tertiary/aromatic N) is 1. The molecule has 1 heterocycles. The fraction of sp³-hybridized carbons (Fsp3) is 0.909. The minimum absolute atomic E-state index is 0.221. The van der Waals surface area contributed by atoms with Crippen LogP contribution in [0.5, 0.6) is 0 Å². The molecule has 1 amide bonds. The highest BCUT2D eigenvalue weighted by molar-refractivity contribution is 7.88. The first-order chi connectivity index (χ1) is 8.07. The summed E-state index contributed by atoms with van der Waals surface area (Å²) >= 11 is 0. The van der Waals surface area contributed by atoms with Crippen molar-refractivity contribution in [2.24, 2.45) is 0 Å². The van der Waals surface area contributed by atoms with Crippen molar-refractivity contribution < 1.29 is 17.9 Å². The number of likely N-dealkylation sites (tertiary alicyclic amines) is 1. The van der Waals surface area contributed by atoms with Gasteiger partial charge in [0, 0.05) is 19.1 Å². The van der Waals surface area contributed by atoms with Gasteiger partial charge in [-0.2, -0.15) is 0 Å². The van der Waals surface area contributed by atoms with Crippen LogP contribution in [0.4, 0.5) is 4.79 Å². The zero-order chi connectivity index (χ0) is 14.0. The van der Waals surface area contributed by atoms with Crippen LogP contribution in [0, 0.1) is 0 Å². The molecule has 1 unspecified atom stereocenters. The fourth-order valence-corrected chi connectivity index (χ4v) is 2.67. The molecular weight excluding hydrogens is 256 g/mol. The Labute approximate surface area is 109 Å². The Hall–Kier alpha value is -0.820. The Bertz CT molecular complexity index is 400. The molecule has 1 rings (SSSR count). The van der Waals surface area contributed by atoms with E-state index in [-0.39, 0.29) is 12.1 Å². The predicted molar refractivity (Wildman–Crippen MR) is 68.8 cm³/mol. The van der Waals surface area contributed by atoms with Gasteiger partial charge >= 0.3 is 6.09 Å². The van der Waals surface area contributed by atoms with Crippen LogP contribution >= 0.6 is 0 Å². The van der Waals surface area contributed by atoms with Gasteiger partial charge in [-0.25, -0.2) is 17.9 Å². The zero-order valence-electron chi connectivity index (χ0n) is 11.4. The second-order valence-electron chi connectivity index (χ2n) is 5.66. The van der Waals surface area contributed by atoms with E-state index in [1.165, 1.54) is 0 Å². The number of piperidine rings is 1. The lowest BCUT2D eigenvalue weighted by Gasteiger charge is -2.34. The second-order valence-corrected chi connectivity index (χ2v) is 7.44. The molecular formula is C11H22N2O4S. The van der Waals surface area contributed by atoms with Crippen molar-refractivity contribution in [2.45, 2.75) is 45.3 Å². The molecule has 7 heteroatoms. The Morgan fingerprint density at radius 3 is 2.50 bits per heavy atom. The SMILES string of the molecule is CC(C)(C)OC(=O)N1CCCC(NS(C)(=O)=O)C1. The zero-order valence-corrected chi connectivity index (χ0v) is 12.2. The van der Waals surface area contributed by atoms with Crippen molar-refractivity contribution in [3.05, 3.63) is 0 Å². The first-order valence-corrected chi connectivity index (χ1v) is 7.91. The second kappa shape index (κ2) is 5.44. The lowest BCUT2D eigenvalue weighted by molar-refractivity contribution is 0.0195. The number of hydrogen-bond acceptors (Lipinski definition) is 4. The Kier molecular flexibility index (Phi) is 4.61. The third-order valence-electron chi connectivity index (χ3n) is 2.45. The molecule has 6 nitrogen and oxygen atoms in total. The molecule has 0 bridgehead atoms. The first kappa shape index (κ1) is 15.2. The summed E-state index contributed by atoms with van der Waals surface area (Å²) in [5, 5.41) is 0. The van der Waals surface area contributed by atoms with Crippen molar-refractivity contribution in [2.75, 3.05) is 19.3 Å². The molecule has 1 aliphatic rings. The average molecular weight is 278 g/mol. The summed E-state index contributed by atoms with van der Waals surface area (Å²) in [5.41, 5.74) is -0.533. The monoisotopic (exact) mass is 278 g/mol. The Morgan fingerprint density at radius 2 is 2.00 bits per heavy atom. The van der Waals surface area contributed by atoms with Gasteiger partial charge in [0.2, 0.25) is 10.0 Å². The number of nitrogens with one attached hydrogen (secondary N) is 1. The van der Waals surface area contributed by atoms with E-state index in [1.54, 1.807) is 25.7 Å². The topological polar surface area (TPSA) is 75.7 Å². The standard InChI is InChI=1S/C11H22N2O4S/c1-11(2,3)17-10(14)13-7-5-6-9(8-13)12-18(4,15)16/h9,12H,5-8H2,1-4H3. The van der Waals surface area contributed by atoms with E-state index in [0.29, 0.717) is 13.1 Å². The number of carbonyl (C=O) groups is 1. The average Bonchev–Trinajstić information content (AvgIpc) is 2.12. The quantitative estimate of drug-likeness (QED) is 0.815. The third kappa shape index (κ3) is 5.68. The summed E-state index contributed by atoms with van der Waals surface area (Å²) in [5.74, 6) is 0. The number of ether oxygens (including phenoxy) is 1. The Balaban J connectivity index is 2.56. The molecule has 1 fully saturated rings. The van der Waals surface area contributed by atoms with Crippen LogP contribution in [0.2, 0.25) is 0 Å². The summed E-state index contributed by atoms with van der Waals surface area (Å²) < 4.78 is 30.1. The third-order valence-corrected chi connectivity index (χ3v) is 3.22. The Morgan fingerprint density at radius 1 is 1.39 bits per heavy atom. The molecule has 0 spiro atoms. The smallest absolute Gasteiger partial charge is 0.410 e. The number of carbonyl (C=O) groups excluding carboxylic acids is 1. The van der Waals surface area contributed by atoms with Crippen LogP contribution in [0.1, 0.15) is 33.6 Å². The molecule has 1 aliphatic heterocycles. The maximum Gasteiger partial charge on any atom is 0.410 e. The highest BCUT2D eigenvalue weighted by Crippen LogP contribution is 2.15. The van der Waals surface area contributed by atoms with Gasteiger partial charge in [0.15, 0.2) is 0 Å². The molecule has 1 saturated heterocycles. The van der Waals surface area contributed by atoms with Crippen LogP contribution in [0.15, 0.2) is 0 Å². The minimum Gasteiger partial charge on any atom is -0.444 e. The summed E-state index contributed by atoms with van der Waals surface area (Å²) in [6.07, 6.45) is 2.25. The first-order valence-electron chi connectivity index (χ1n) is 6.02. The van der Waals surface area contributed by atoms with Crippen LogP contribution in [-0.2, 0) is 14.8 Å². The van der Waals surface area contributed by atoms with Gasteiger partial charge in [-0.3, -0.25) is 0 Å². The van der Waals surface area contributed by atoms with Crippen molar-refractivity contribution in [1.29, 1.82) is 0 Å². The van der Waals surface area contributed by atoms with Gasteiger partial charge in [-0.15, -0.1) is 0 Å². The van der Waals surface area contributed by atoms with Crippen LogP contribution in [0.3, 0.4) is 0 Å². The maximum absolute atomic E-state index is 11.9. The highest BCUT2D eigenvalue weighted by Gasteiger charge is 2.28. The van der Waals surface area contributed by atoms with E-state index >= 15 is 0 Å². The number of rotatable bonds is 2. The number of sulfonamides is 1. The normalized spacial score (nSPS) is 21.8. The van der Waals surface area contributed by atoms with E-state index in [2.05, 4.69) is 4.72 Å². The van der Waals surface area contributed by atoms with Crippen molar-refractivity contribution >= 4 is 16.1 Å². The fourth-order valence-electron chi connectivity index (χ4n) is 1.87. The van der Waals surface area contributed by atoms with Crippen molar-refractivity contribution in [3.63, 3.8) is 0 Å². The van der Waals surface area contributed by atoms with Gasteiger partial charge in [0.05, 0.1) is 6.26 Å². The van der Waals surface area contributed by atoms with Crippen LogP contribution in [-0.4, -0.2) is 50.4 Å². The van der Waals surface area contributed by atoms with Crippen LogP contribution < -0.4 is 4.72 Å². The largest absolute Gasteiger partial charge is 0.444 e. The maximum atomic E-state index is 11.9. The van der Waals surface area contributed by atoms with E-state index in [9.17, 15) is 13.2 Å². The summed E-state index contributed by atoms with van der Waals surface area (Å²) in [4.78, 5) is 13.4. The predicted octanol–water partition coefficient (Wildman–Crippen LogP) is 0.935. The molecule has 1 N–H and O–H groups in total. The molecule has 0 aromatic rings. The van der Waals surface area contributed by atoms with Gasteiger partial charge in [-0.05, 0) is 33.6 Å². The van der Waals surface area contributed by atoms with E-state index in [1.807, 2.05) is 0 Å². The molecule has 1 atom stereocenters. The number of hydrogen-bond donors (Lipinski definition) is 1. The van der Waals surface area contributed by atoms with Crippen molar-refractivity contribution in [3.8, 4) is 0 Å². The van der Waals surface area contributed by atoms with Crippen LogP contribution in [0.25, 0.3) is 0 Å². The lowest BCUT2D eigenvalue weighted by Crippen LogP contribution is -2.50. The molecule has 0 aliphatic carbocycles. The lowest BCUT2D eigenvalue weighted by atomic mass is 10.1. The van der Waals surface area contributed by atoms with E-state index in [0.717, 1.165) is 19.1 Å². The van der Waals surface area contributed by atoms with E-state index in [4.69, 9.17) is 4.74 Å². The minimum atomic E-state index is -3.24. The molecule has 106 valence electrons. The van der Waals surface area contributed by atoms with Crippen molar-refractivity contribution in [1.82, 2.24) is 9.62 Å². The molecule has 18 heavy (non-hydrogen) atoms. The van der Waals surface area contributed by atoms with Gasteiger partial charge < -0.3 is 9.64 Å². The number of amides is 1. The molecule has 0 radical (unpaired) electrons. The van der Waals surface area contributed by atoms with Gasteiger partial charge in [0.1, 0.15) is 5.60 Å². The summed E-state index contributed by atoms with van der Waals surface area (Å²) in [7, 11) is -3.24. The van der Waals surface area contributed by atoms with Gasteiger partial charge in [0.25, 0.3) is 0 Å².